The number of rotatable bonds is 8. The predicted molar refractivity (Wildman–Crippen MR) is 126 cm³/mol. The Balaban J connectivity index is 1.39. The molecule has 1 aromatic carbocycles. The number of halogens is 1. The molecule has 1 aliphatic rings. The van der Waals surface area contributed by atoms with Gasteiger partial charge in [-0.15, -0.1) is 0 Å². The number of hydrogen-bond acceptors (Lipinski definition) is 5. The van der Waals surface area contributed by atoms with Crippen LogP contribution in [0.15, 0.2) is 47.0 Å². The number of hydrogen-bond donors (Lipinski definition) is 2. The smallest absolute Gasteiger partial charge is 0.294 e. The SMILES string of the molecule is O=C(CCCCC(=O)N1CCCC1)Nc1c(C(=O)Nc2ccc(Cl)cn2)oc2ccccc12. The average molecular weight is 469 g/mol. The van der Waals surface area contributed by atoms with Gasteiger partial charge in [-0.1, -0.05) is 23.7 Å². The van der Waals surface area contributed by atoms with Crippen LogP contribution in [0.1, 0.15) is 49.1 Å². The molecule has 2 N–H and O–H groups in total. The van der Waals surface area contributed by atoms with Crippen LogP contribution >= 0.6 is 11.6 Å². The molecule has 2 aromatic heterocycles. The van der Waals surface area contributed by atoms with Gasteiger partial charge in [-0.25, -0.2) is 4.98 Å². The van der Waals surface area contributed by atoms with Gasteiger partial charge in [0.1, 0.15) is 17.1 Å². The maximum Gasteiger partial charge on any atom is 0.294 e. The fraction of sp³-hybridized carbons (Fsp3) is 0.333. The normalized spacial score (nSPS) is 13.3. The van der Waals surface area contributed by atoms with Crippen molar-refractivity contribution < 1.29 is 18.8 Å². The third kappa shape index (κ3) is 5.70. The quantitative estimate of drug-likeness (QED) is 0.459. The third-order valence-corrected chi connectivity index (χ3v) is 5.76. The standard InChI is InChI=1S/C24H25ClN4O4/c25-16-11-12-19(26-15-16)27-24(32)23-22(17-7-1-2-8-18(17)33-23)28-20(30)9-3-4-10-21(31)29-13-5-6-14-29/h1-2,7-8,11-12,15H,3-6,9-10,13-14H2,(H,28,30)(H,26,27,32). The van der Waals surface area contributed by atoms with Gasteiger partial charge in [0.05, 0.1) is 5.02 Å². The second-order valence-electron chi connectivity index (χ2n) is 7.96. The number of anilines is 2. The molecule has 1 saturated heterocycles. The first-order valence-corrected chi connectivity index (χ1v) is 11.4. The summed E-state index contributed by atoms with van der Waals surface area (Å²) in [5.41, 5.74) is 0.799. The number of nitrogens with one attached hydrogen (secondary N) is 2. The van der Waals surface area contributed by atoms with E-state index >= 15 is 0 Å². The Labute approximate surface area is 196 Å². The van der Waals surface area contributed by atoms with Crippen LogP contribution in [-0.4, -0.2) is 40.7 Å². The minimum Gasteiger partial charge on any atom is -0.449 e. The van der Waals surface area contributed by atoms with Crippen LogP contribution in [0.25, 0.3) is 11.0 Å². The maximum absolute atomic E-state index is 12.9. The summed E-state index contributed by atoms with van der Waals surface area (Å²) in [6, 6.07) is 10.3. The van der Waals surface area contributed by atoms with Crippen LogP contribution < -0.4 is 10.6 Å². The molecule has 9 heteroatoms. The molecule has 1 fully saturated rings. The summed E-state index contributed by atoms with van der Waals surface area (Å²) >= 11 is 5.84. The van der Waals surface area contributed by atoms with E-state index in [1.807, 2.05) is 4.90 Å². The first-order valence-electron chi connectivity index (χ1n) is 11.0. The van der Waals surface area contributed by atoms with Crippen LogP contribution in [0.4, 0.5) is 11.5 Å². The highest BCUT2D eigenvalue weighted by molar-refractivity contribution is 6.30. The average Bonchev–Trinajstić information content (AvgIpc) is 3.47. The summed E-state index contributed by atoms with van der Waals surface area (Å²) in [6.45, 7) is 1.67. The summed E-state index contributed by atoms with van der Waals surface area (Å²) in [4.78, 5) is 43.6. The lowest BCUT2D eigenvalue weighted by molar-refractivity contribution is -0.130. The first kappa shape index (κ1) is 22.8. The summed E-state index contributed by atoms with van der Waals surface area (Å²) in [6.07, 6.45) is 5.47. The zero-order chi connectivity index (χ0) is 23.2. The van der Waals surface area contributed by atoms with Crippen molar-refractivity contribution in [3.05, 3.63) is 53.4 Å². The molecule has 0 spiro atoms. The largest absolute Gasteiger partial charge is 0.449 e. The predicted octanol–water partition coefficient (Wildman–Crippen LogP) is 4.85. The zero-order valence-electron chi connectivity index (χ0n) is 18.1. The molecule has 0 saturated carbocycles. The van der Waals surface area contributed by atoms with Crippen molar-refractivity contribution in [1.82, 2.24) is 9.88 Å². The molecule has 172 valence electrons. The van der Waals surface area contributed by atoms with E-state index in [9.17, 15) is 14.4 Å². The summed E-state index contributed by atoms with van der Waals surface area (Å²) in [5.74, 6) is -0.319. The van der Waals surface area contributed by atoms with E-state index in [0.29, 0.717) is 46.8 Å². The van der Waals surface area contributed by atoms with Crippen molar-refractivity contribution in [2.45, 2.75) is 38.5 Å². The molecule has 0 bridgehead atoms. The number of unbranched alkanes of at least 4 members (excludes halogenated alkanes) is 1. The molecule has 0 atom stereocenters. The van der Waals surface area contributed by atoms with Gasteiger partial charge in [-0.05, 0) is 49.9 Å². The second-order valence-corrected chi connectivity index (χ2v) is 8.40. The molecule has 8 nitrogen and oxygen atoms in total. The lowest BCUT2D eigenvalue weighted by Crippen LogP contribution is -2.27. The molecule has 0 aliphatic carbocycles. The Bertz CT molecular complexity index is 1150. The Hall–Kier alpha value is -3.39. The lowest BCUT2D eigenvalue weighted by Gasteiger charge is -2.14. The van der Waals surface area contributed by atoms with Gasteiger partial charge >= 0.3 is 0 Å². The molecular weight excluding hydrogens is 444 g/mol. The molecule has 3 aromatic rings. The summed E-state index contributed by atoms with van der Waals surface area (Å²) < 4.78 is 5.74. The Morgan fingerprint density at radius 1 is 1.00 bits per heavy atom. The van der Waals surface area contributed by atoms with Crippen LogP contribution in [-0.2, 0) is 9.59 Å². The molecule has 4 rings (SSSR count). The molecule has 0 unspecified atom stereocenters. The highest BCUT2D eigenvalue weighted by Crippen LogP contribution is 2.31. The van der Waals surface area contributed by atoms with E-state index in [4.69, 9.17) is 16.0 Å². The van der Waals surface area contributed by atoms with Crippen molar-refractivity contribution >= 4 is 51.8 Å². The van der Waals surface area contributed by atoms with Gasteiger partial charge in [0, 0.05) is 37.5 Å². The highest BCUT2D eigenvalue weighted by Gasteiger charge is 2.23. The number of carbonyl (C=O) groups excluding carboxylic acids is 3. The fourth-order valence-electron chi connectivity index (χ4n) is 3.84. The summed E-state index contributed by atoms with van der Waals surface area (Å²) in [5, 5.41) is 6.56. The molecule has 3 amide bonds. The van der Waals surface area contributed by atoms with Gasteiger partial charge < -0.3 is 20.0 Å². The number of carbonyl (C=O) groups is 3. The number of aromatic nitrogens is 1. The van der Waals surface area contributed by atoms with E-state index in [1.165, 1.54) is 6.20 Å². The van der Waals surface area contributed by atoms with Crippen LogP contribution in [0.2, 0.25) is 5.02 Å². The van der Waals surface area contributed by atoms with Crippen molar-refractivity contribution in [1.29, 1.82) is 0 Å². The third-order valence-electron chi connectivity index (χ3n) is 5.54. The molecule has 0 radical (unpaired) electrons. The number of fused-ring (bicyclic) bond motifs is 1. The Kier molecular flexibility index (Phi) is 7.24. The number of amides is 3. The molecular formula is C24H25ClN4O4. The molecule has 33 heavy (non-hydrogen) atoms. The van der Waals surface area contributed by atoms with Crippen LogP contribution in [0, 0.1) is 0 Å². The summed E-state index contributed by atoms with van der Waals surface area (Å²) in [7, 11) is 0. The van der Waals surface area contributed by atoms with E-state index in [1.54, 1.807) is 36.4 Å². The van der Waals surface area contributed by atoms with Crippen LogP contribution in [0.5, 0.6) is 0 Å². The van der Waals surface area contributed by atoms with Crippen molar-refractivity contribution in [2.75, 3.05) is 23.7 Å². The monoisotopic (exact) mass is 468 g/mol. The van der Waals surface area contributed by atoms with Gasteiger partial charge in [-0.2, -0.15) is 0 Å². The number of pyridine rings is 1. The minimum atomic E-state index is -0.535. The van der Waals surface area contributed by atoms with Crippen LogP contribution in [0.3, 0.4) is 0 Å². The van der Waals surface area contributed by atoms with E-state index in [0.717, 1.165) is 25.9 Å². The first-order chi connectivity index (χ1) is 16.0. The van der Waals surface area contributed by atoms with Crippen molar-refractivity contribution in [2.24, 2.45) is 0 Å². The van der Waals surface area contributed by atoms with E-state index < -0.39 is 5.91 Å². The number of benzene rings is 1. The van der Waals surface area contributed by atoms with E-state index in [2.05, 4.69) is 15.6 Å². The molecule has 1 aliphatic heterocycles. The minimum absolute atomic E-state index is 0.00879. The van der Waals surface area contributed by atoms with Gasteiger partial charge in [0.25, 0.3) is 5.91 Å². The highest BCUT2D eigenvalue weighted by atomic mass is 35.5. The number of likely N-dealkylation sites (tertiary alicyclic amines) is 1. The number of para-hydroxylation sites is 1. The number of nitrogens with zero attached hydrogens (tertiary/aromatic N) is 2. The second kappa shape index (κ2) is 10.5. The fourth-order valence-corrected chi connectivity index (χ4v) is 3.95. The van der Waals surface area contributed by atoms with Gasteiger partial charge in [0.15, 0.2) is 0 Å². The van der Waals surface area contributed by atoms with Gasteiger partial charge in [0.2, 0.25) is 17.6 Å². The Morgan fingerprint density at radius 3 is 2.52 bits per heavy atom. The van der Waals surface area contributed by atoms with E-state index in [-0.39, 0.29) is 24.0 Å². The van der Waals surface area contributed by atoms with Crippen molar-refractivity contribution in [3.8, 4) is 0 Å². The number of furan rings is 1. The van der Waals surface area contributed by atoms with Gasteiger partial charge in [-0.3, -0.25) is 14.4 Å². The topological polar surface area (TPSA) is 105 Å². The zero-order valence-corrected chi connectivity index (χ0v) is 18.9. The molecule has 3 heterocycles. The Morgan fingerprint density at radius 2 is 1.76 bits per heavy atom. The lowest BCUT2D eigenvalue weighted by atomic mass is 10.1. The maximum atomic E-state index is 12.9. The van der Waals surface area contributed by atoms with Crippen molar-refractivity contribution in [3.63, 3.8) is 0 Å².